The average Bonchev–Trinajstić information content (AvgIpc) is 3.23. The molecule has 1 unspecified atom stereocenters. The van der Waals surface area contributed by atoms with E-state index in [4.69, 9.17) is 4.74 Å². The van der Waals surface area contributed by atoms with Crippen LogP contribution in [0.2, 0.25) is 0 Å². The van der Waals surface area contributed by atoms with E-state index in [0.717, 1.165) is 24.4 Å². The first-order valence-electron chi connectivity index (χ1n) is 9.90. The Bertz CT molecular complexity index is 634. The number of likely N-dealkylation sites (tertiary alicyclic amines) is 1. The van der Waals surface area contributed by atoms with Gasteiger partial charge < -0.3 is 20.1 Å². The highest BCUT2D eigenvalue weighted by Crippen LogP contribution is 2.31. The number of benzene rings is 1. The molecule has 9 heteroatoms. The molecule has 0 aromatic heterocycles. The third-order valence-corrected chi connectivity index (χ3v) is 4.79. The molecule has 1 aromatic rings. The number of hydrogen-bond donors (Lipinski definition) is 2. The van der Waals surface area contributed by atoms with E-state index in [1.807, 2.05) is 18.2 Å². The molecule has 1 aliphatic rings. The molecule has 1 heterocycles. The molecule has 0 radical (unpaired) electrons. The van der Waals surface area contributed by atoms with E-state index >= 15 is 0 Å². The van der Waals surface area contributed by atoms with Crippen LogP contribution in [-0.4, -0.2) is 70.6 Å². The fourth-order valence-electron chi connectivity index (χ4n) is 3.41. The third kappa shape index (κ3) is 8.10. The van der Waals surface area contributed by atoms with Crippen molar-refractivity contribution in [2.75, 3.05) is 53.6 Å². The Hall–Kier alpha value is -2.00. The van der Waals surface area contributed by atoms with E-state index in [1.54, 1.807) is 14.2 Å². The fourth-order valence-corrected chi connectivity index (χ4v) is 3.41. The first kappa shape index (κ1) is 23.3. The van der Waals surface area contributed by atoms with Gasteiger partial charge in [-0.2, -0.15) is 13.2 Å². The Kier molecular flexibility index (Phi) is 9.53. The zero-order valence-electron chi connectivity index (χ0n) is 17.1. The number of halogens is 3. The molecule has 29 heavy (non-hydrogen) atoms. The standard InChI is InChI=1S/C20H31F3N4O2/c1-24-19(25-10-7-13-29-15-20(21,22)23)26-14-17(27-11-5-6-12-27)16-8-3-4-9-18(16)28-2/h3-4,8-9,17H,5-7,10-15H2,1-2H3,(H2,24,25,26). The van der Waals surface area contributed by atoms with E-state index < -0.39 is 12.8 Å². The van der Waals surface area contributed by atoms with Gasteiger partial charge in [-0.3, -0.25) is 9.89 Å². The van der Waals surface area contributed by atoms with Crippen molar-refractivity contribution >= 4 is 5.96 Å². The number of guanidine groups is 1. The Labute approximate surface area is 170 Å². The van der Waals surface area contributed by atoms with Crippen LogP contribution in [0.4, 0.5) is 13.2 Å². The van der Waals surface area contributed by atoms with Crippen LogP contribution < -0.4 is 15.4 Å². The maximum atomic E-state index is 12.1. The first-order chi connectivity index (χ1) is 13.9. The second-order valence-corrected chi connectivity index (χ2v) is 6.90. The van der Waals surface area contributed by atoms with E-state index in [2.05, 4.69) is 31.3 Å². The molecule has 2 rings (SSSR count). The highest BCUT2D eigenvalue weighted by atomic mass is 19.4. The lowest BCUT2D eigenvalue weighted by molar-refractivity contribution is -0.173. The van der Waals surface area contributed by atoms with Gasteiger partial charge in [-0.15, -0.1) is 0 Å². The Balaban J connectivity index is 1.85. The lowest BCUT2D eigenvalue weighted by atomic mass is 10.0. The number of rotatable bonds is 10. The topological polar surface area (TPSA) is 58.1 Å². The maximum Gasteiger partial charge on any atom is 0.411 e. The van der Waals surface area contributed by atoms with Gasteiger partial charge in [0.05, 0.1) is 13.2 Å². The minimum atomic E-state index is -4.28. The predicted octanol–water partition coefficient (Wildman–Crippen LogP) is 2.97. The molecular formula is C20H31F3N4O2. The number of hydrogen-bond acceptors (Lipinski definition) is 4. The van der Waals surface area contributed by atoms with Gasteiger partial charge in [0, 0.05) is 32.3 Å². The zero-order valence-corrected chi connectivity index (χ0v) is 17.1. The normalized spacial score (nSPS) is 16.7. The summed E-state index contributed by atoms with van der Waals surface area (Å²) in [5, 5.41) is 6.45. The van der Waals surface area contributed by atoms with E-state index in [9.17, 15) is 13.2 Å². The summed E-state index contributed by atoms with van der Waals surface area (Å²) >= 11 is 0. The molecule has 0 aliphatic carbocycles. The van der Waals surface area contributed by atoms with Crippen molar-refractivity contribution < 1.29 is 22.6 Å². The molecule has 1 atom stereocenters. The quantitative estimate of drug-likeness (QED) is 0.349. The minimum absolute atomic E-state index is 0.0428. The van der Waals surface area contributed by atoms with Crippen molar-refractivity contribution in [2.24, 2.45) is 4.99 Å². The Morgan fingerprint density at radius 2 is 1.93 bits per heavy atom. The molecule has 1 aliphatic heterocycles. The molecule has 0 saturated carbocycles. The van der Waals surface area contributed by atoms with E-state index in [0.29, 0.717) is 25.5 Å². The summed E-state index contributed by atoms with van der Waals surface area (Å²) in [4.78, 5) is 6.64. The van der Waals surface area contributed by atoms with Gasteiger partial charge in [-0.25, -0.2) is 0 Å². The predicted molar refractivity (Wildman–Crippen MR) is 107 cm³/mol. The number of nitrogens with one attached hydrogen (secondary N) is 2. The average molecular weight is 416 g/mol. The van der Waals surface area contributed by atoms with Gasteiger partial charge in [-0.05, 0) is 38.4 Å². The molecule has 0 bridgehead atoms. The van der Waals surface area contributed by atoms with Crippen LogP contribution in [0, 0.1) is 0 Å². The van der Waals surface area contributed by atoms with Crippen molar-refractivity contribution in [1.82, 2.24) is 15.5 Å². The van der Waals surface area contributed by atoms with E-state index in [1.165, 1.54) is 12.8 Å². The van der Waals surface area contributed by atoms with Crippen LogP contribution >= 0.6 is 0 Å². The van der Waals surface area contributed by atoms with Crippen molar-refractivity contribution in [1.29, 1.82) is 0 Å². The molecular weight excluding hydrogens is 385 g/mol. The maximum absolute atomic E-state index is 12.1. The number of nitrogens with zero attached hydrogens (tertiary/aromatic N) is 2. The zero-order chi connectivity index (χ0) is 21.1. The summed E-state index contributed by atoms with van der Waals surface area (Å²) in [7, 11) is 3.35. The van der Waals surface area contributed by atoms with Crippen molar-refractivity contribution in [3.63, 3.8) is 0 Å². The minimum Gasteiger partial charge on any atom is -0.496 e. The molecule has 1 saturated heterocycles. The molecule has 2 N–H and O–H groups in total. The van der Waals surface area contributed by atoms with Gasteiger partial charge in [0.2, 0.25) is 0 Å². The molecule has 0 spiro atoms. The summed E-state index contributed by atoms with van der Waals surface area (Å²) < 4.78 is 46.4. The highest BCUT2D eigenvalue weighted by molar-refractivity contribution is 5.79. The van der Waals surface area contributed by atoms with Crippen molar-refractivity contribution in [3.05, 3.63) is 29.8 Å². The summed E-state index contributed by atoms with van der Waals surface area (Å²) in [6, 6.07) is 8.15. The van der Waals surface area contributed by atoms with Crippen LogP contribution in [0.15, 0.2) is 29.3 Å². The first-order valence-corrected chi connectivity index (χ1v) is 9.90. The van der Waals surface area contributed by atoms with Crippen LogP contribution in [0.25, 0.3) is 0 Å². The SMILES string of the molecule is CN=C(NCCCOCC(F)(F)F)NCC(c1ccccc1OC)N1CCCC1. The number of para-hydroxylation sites is 1. The van der Waals surface area contributed by atoms with Crippen LogP contribution in [0.5, 0.6) is 5.75 Å². The molecule has 1 aromatic carbocycles. The monoisotopic (exact) mass is 416 g/mol. The third-order valence-electron chi connectivity index (χ3n) is 4.79. The Morgan fingerprint density at radius 3 is 2.59 bits per heavy atom. The number of aliphatic imine (C=N–C) groups is 1. The Morgan fingerprint density at radius 1 is 1.21 bits per heavy atom. The summed E-state index contributed by atoms with van der Waals surface area (Å²) in [5.74, 6) is 1.47. The van der Waals surface area contributed by atoms with Gasteiger partial charge in [-0.1, -0.05) is 18.2 Å². The smallest absolute Gasteiger partial charge is 0.411 e. The van der Waals surface area contributed by atoms with Gasteiger partial charge in [0.1, 0.15) is 12.4 Å². The van der Waals surface area contributed by atoms with Gasteiger partial charge in [0.15, 0.2) is 5.96 Å². The number of ether oxygens (including phenoxy) is 2. The van der Waals surface area contributed by atoms with Crippen molar-refractivity contribution in [2.45, 2.75) is 31.5 Å². The number of alkyl halides is 3. The fraction of sp³-hybridized carbons (Fsp3) is 0.650. The van der Waals surface area contributed by atoms with E-state index in [-0.39, 0.29) is 12.6 Å². The highest BCUT2D eigenvalue weighted by Gasteiger charge is 2.27. The second-order valence-electron chi connectivity index (χ2n) is 6.90. The molecule has 164 valence electrons. The largest absolute Gasteiger partial charge is 0.496 e. The lowest BCUT2D eigenvalue weighted by Crippen LogP contribution is -2.43. The van der Waals surface area contributed by atoms with Crippen molar-refractivity contribution in [3.8, 4) is 5.75 Å². The molecule has 1 fully saturated rings. The summed E-state index contributed by atoms with van der Waals surface area (Å²) in [6.45, 7) is 2.02. The summed E-state index contributed by atoms with van der Waals surface area (Å²) in [5.41, 5.74) is 1.13. The van der Waals surface area contributed by atoms with Crippen LogP contribution in [-0.2, 0) is 4.74 Å². The molecule has 6 nitrogen and oxygen atoms in total. The summed E-state index contributed by atoms with van der Waals surface area (Å²) in [6.07, 6.45) is -1.47. The van der Waals surface area contributed by atoms with Crippen LogP contribution in [0.1, 0.15) is 30.9 Å². The second kappa shape index (κ2) is 11.9. The lowest BCUT2D eigenvalue weighted by Gasteiger charge is -2.30. The number of methoxy groups -OCH3 is 1. The van der Waals surface area contributed by atoms with Crippen LogP contribution in [0.3, 0.4) is 0 Å². The van der Waals surface area contributed by atoms with Gasteiger partial charge in [0.25, 0.3) is 0 Å². The molecule has 0 amide bonds. The van der Waals surface area contributed by atoms with Gasteiger partial charge >= 0.3 is 6.18 Å².